The normalized spacial score (nSPS) is 25.1. The second-order valence-corrected chi connectivity index (χ2v) is 13.7. The number of imidazole rings is 1. The average Bonchev–Trinajstić information content (AvgIpc) is 3.45. The summed E-state index contributed by atoms with van der Waals surface area (Å²) in [5.74, 6) is -1.82. The van der Waals surface area contributed by atoms with Gasteiger partial charge in [0.1, 0.15) is 41.8 Å². The zero-order valence-corrected chi connectivity index (χ0v) is 25.0. The lowest BCUT2D eigenvalue weighted by Gasteiger charge is -2.31. The molecule has 0 radical (unpaired) electrons. The number of anilines is 1. The summed E-state index contributed by atoms with van der Waals surface area (Å²) in [5, 5.41) is 2.43. The Hall–Kier alpha value is -3.12. The lowest BCUT2D eigenvalue weighted by Crippen LogP contribution is -2.55. The quantitative estimate of drug-likeness (QED) is 0.408. The van der Waals surface area contributed by atoms with Crippen LogP contribution in [0.5, 0.6) is 0 Å². The summed E-state index contributed by atoms with van der Waals surface area (Å²) in [5.41, 5.74) is 4.97. The smallest absolute Gasteiger partial charge is 0.408 e. The van der Waals surface area contributed by atoms with Gasteiger partial charge in [-0.3, -0.25) is 13.5 Å². The van der Waals surface area contributed by atoms with Crippen molar-refractivity contribution in [2.24, 2.45) is 5.41 Å². The van der Waals surface area contributed by atoms with E-state index in [0.717, 1.165) is 0 Å². The minimum Gasteiger partial charge on any atom is -0.444 e. The molecule has 2 aliphatic rings. The Balaban J connectivity index is 1.47. The van der Waals surface area contributed by atoms with Gasteiger partial charge in [-0.1, -0.05) is 20.8 Å². The van der Waals surface area contributed by atoms with Crippen LogP contribution in [-0.4, -0.2) is 82.3 Å². The summed E-state index contributed by atoms with van der Waals surface area (Å²) < 4.78 is 57.6. The van der Waals surface area contributed by atoms with Crippen molar-refractivity contribution in [1.82, 2.24) is 29.6 Å². The van der Waals surface area contributed by atoms with Gasteiger partial charge in [0.25, 0.3) is 5.91 Å². The van der Waals surface area contributed by atoms with E-state index in [-0.39, 0.29) is 5.82 Å². The molecule has 0 saturated carbocycles. The first-order chi connectivity index (χ1) is 18.8. The first-order valence-corrected chi connectivity index (χ1v) is 14.3. The number of nitrogens with one attached hydrogen (secondary N) is 2. The Morgan fingerprint density at radius 2 is 1.78 bits per heavy atom. The van der Waals surface area contributed by atoms with Crippen LogP contribution in [0, 0.1) is 5.41 Å². The second kappa shape index (κ2) is 10.6. The fraction of sp³-hybridized carbons (Fsp3) is 0.708. The van der Waals surface area contributed by atoms with Gasteiger partial charge in [-0.05, 0) is 40.0 Å². The van der Waals surface area contributed by atoms with Gasteiger partial charge in [-0.25, -0.2) is 24.5 Å². The van der Waals surface area contributed by atoms with Gasteiger partial charge < -0.3 is 30.0 Å². The number of nitrogens with zero attached hydrogens (tertiary/aromatic N) is 4. The number of hydrogen-bond acceptors (Lipinski definition) is 13. The van der Waals surface area contributed by atoms with Crippen molar-refractivity contribution in [2.75, 3.05) is 12.3 Å². The van der Waals surface area contributed by atoms with E-state index in [2.05, 4.69) is 20.3 Å². The second-order valence-electron chi connectivity index (χ2n) is 12.4. The number of alkyl carbamates (subject to hydrolysis) is 1. The van der Waals surface area contributed by atoms with Crippen LogP contribution in [0.2, 0.25) is 0 Å². The fourth-order valence-electron chi connectivity index (χ4n) is 4.54. The van der Waals surface area contributed by atoms with Gasteiger partial charge in [0.2, 0.25) is 0 Å². The maximum Gasteiger partial charge on any atom is 0.408 e. The highest BCUT2D eigenvalue weighted by Crippen LogP contribution is 2.44. The molecule has 4 N–H and O–H groups in total. The Labute approximate surface area is 237 Å². The van der Waals surface area contributed by atoms with E-state index in [1.54, 1.807) is 60.0 Å². The molecule has 0 aromatic carbocycles. The Bertz CT molecular complexity index is 1410. The molecule has 2 aromatic heterocycles. The van der Waals surface area contributed by atoms with Crippen LogP contribution in [-0.2, 0) is 38.2 Å². The largest absolute Gasteiger partial charge is 0.444 e. The molecule has 5 atom stereocenters. The maximum absolute atomic E-state index is 13.0. The van der Waals surface area contributed by atoms with Crippen molar-refractivity contribution >= 4 is 39.3 Å². The number of carbonyl (C=O) groups excluding carboxylic acids is 2. The molecule has 228 valence electrons. The van der Waals surface area contributed by atoms with E-state index in [0.29, 0.717) is 11.2 Å². The van der Waals surface area contributed by atoms with E-state index in [4.69, 9.17) is 28.9 Å². The van der Waals surface area contributed by atoms with Crippen LogP contribution in [0.1, 0.15) is 61.6 Å². The molecular formula is C24H37N7O9S. The van der Waals surface area contributed by atoms with E-state index in [1.165, 1.54) is 12.7 Å². The fourth-order valence-corrected chi connectivity index (χ4v) is 5.28. The first-order valence-electron chi connectivity index (χ1n) is 12.9. The van der Waals surface area contributed by atoms with Crippen LogP contribution < -0.4 is 15.8 Å². The summed E-state index contributed by atoms with van der Waals surface area (Å²) in [6.45, 7) is 12.9. The van der Waals surface area contributed by atoms with Crippen molar-refractivity contribution in [3.63, 3.8) is 0 Å². The third kappa shape index (κ3) is 7.03. The molecule has 2 fully saturated rings. The van der Waals surface area contributed by atoms with Gasteiger partial charge >= 0.3 is 16.4 Å². The van der Waals surface area contributed by atoms with Crippen molar-refractivity contribution in [1.29, 1.82) is 0 Å². The van der Waals surface area contributed by atoms with Crippen LogP contribution in [0.4, 0.5) is 10.6 Å². The molecule has 0 spiro atoms. The topological polar surface area (TPSA) is 208 Å². The SMILES string of the molecule is CC(C)(C)OC(=O)N[C@H](C(=O)NS(=O)(=O)OC[C@H]1O[C@@H](n2cnc3c(N)ncnc32)[C@@H]2OC(C)(C)O[C@@H]21)C(C)(C)C. The molecule has 2 saturated heterocycles. The minimum absolute atomic E-state index is 0.184. The molecular weight excluding hydrogens is 562 g/mol. The number of carbonyl (C=O) groups is 2. The molecule has 0 aliphatic carbocycles. The lowest BCUT2D eigenvalue weighted by molar-refractivity contribution is -0.198. The molecule has 2 aliphatic heterocycles. The van der Waals surface area contributed by atoms with Crippen molar-refractivity contribution in [2.45, 2.75) is 97.4 Å². The highest BCUT2D eigenvalue weighted by atomic mass is 32.2. The van der Waals surface area contributed by atoms with Gasteiger partial charge in [-0.2, -0.15) is 8.42 Å². The number of fused-ring (bicyclic) bond motifs is 2. The zero-order chi connectivity index (χ0) is 30.5. The summed E-state index contributed by atoms with van der Waals surface area (Å²) in [4.78, 5) is 37.7. The molecule has 4 rings (SSSR count). The predicted octanol–water partition coefficient (Wildman–Crippen LogP) is 1.14. The number of nitrogen functional groups attached to an aromatic ring is 1. The molecule has 0 unspecified atom stereocenters. The monoisotopic (exact) mass is 599 g/mol. The number of ether oxygens (including phenoxy) is 4. The molecule has 16 nitrogen and oxygen atoms in total. The predicted molar refractivity (Wildman–Crippen MR) is 143 cm³/mol. The molecule has 41 heavy (non-hydrogen) atoms. The van der Waals surface area contributed by atoms with Crippen molar-refractivity contribution in [3.8, 4) is 0 Å². The van der Waals surface area contributed by atoms with E-state index < -0.39 is 76.3 Å². The van der Waals surface area contributed by atoms with E-state index in [9.17, 15) is 18.0 Å². The highest BCUT2D eigenvalue weighted by molar-refractivity contribution is 7.85. The molecule has 2 aromatic rings. The first kappa shape index (κ1) is 30.8. The number of nitrogens with two attached hydrogens (primary N) is 1. The summed E-state index contributed by atoms with van der Waals surface area (Å²) in [6.07, 6.45) is -1.25. The summed E-state index contributed by atoms with van der Waals surface area (Å²) >= 11 is 0. The van der Waals surface area contributed by atoms with Gasteiger partial charge in [0.05, 0.1) is 12.9 Å². The van der Waals surface area contributed by atoms with Crippen LogP contribution in [0.3, 0.4) is 0 Å². The Morgan fingerprint density at radius 3 is 2.41 bits per heavy atom. The molecule has 17 heteroatoms. The summed E-state index contributed by atoms with van der Waals surface area (Å²) in [7, 11) is -4.64. The van der Waals surface area contributed by atoms with E-state index in [1.807, 2.05) is 4.72 Å². The Morgan fingerprint density at radius 1 is 1.12 bits per heavy atom. The highest BCUT2D eigenvalue weighted by Gasteiger charge is 2.56. The summed E-state index contributed by atoms with van der Waals surface area (Å²) in [6, 6.07) is -1.26. The van der Waals surface area contributed by atoms with Gasteiger partial charge in [-0.15, -0.1) is 0 Å². The van der Waals surface area contributed by atoms with Gasteiger partial charge in [0.15, 0.2) is 23.5 Å². The number of rotatable bonds is 7. The number of hydrogen-bond donors (Lipinski definition) is 3. The molecule has 4 heterocycles. The van der Waals surface area contributed by atoms with E-state index >= 15 is 0 Å². The average molecular weight is 600 g/mol. The maximum atomic E-state index is 13.0. The van der Waals surface area contributed by atoms with Crippen LogP contribution in [0.25, 0.3) is 11.2 Å². The lowest BCUT2D eigenvalue weighted by atomic mass is 9.86. The van der Waals surface area contributed by atoms with Crippen molar-refractivity contribution in [3.05, 3.63) is 12.7 Å². The molecule has 0 bridgehead atoms. The van der Waals surface area contributed by atoms with Gasteiger partial charge in [0, 0.05) is 0 Å². The molecule has 2 amide bonds. The third-order valence-electron chi connectivity index (χ3n) is 6.19. The number of amides is 2. The standard InChI is InChI=1S/C24H37N7O9S/c1-22(2,3)16(29-21(33)40-23(4,5)6)19(32)30-41(34,35)36-9-12-14-15(39-24(7,8)38-14)20(37-12)31-11-28-13-17(25)26-10-27-18(13)31/h10-12,14-16,20H,9H2,1-8H3,(H,29,33)(H,30,32)(H2,25,26,27)/t12-,14-,15-,16-,20-/m1/s1. The van der Waals surface area contributed by atoms with Crippen LogP contribution in [0.15, 0.2) is 12.7 Å². The zero-order valence-electron chi connectivity index (χ0n) is 24.2. The Kier molecular flexibility index (Phi) is 7.98. The van der Waals surface area contributed by atoms with Crippen LogP contribution >= 0.6 is 0 Å². The number of aromatic nitrogens is 4. The third-order valence-corrected chi connectivity index (χ3v) is 7.09. The minimum atomic E-state index is -4.64. The van der Waals surface area contributed by atoms with Crippen molar-refractivity contribution < 1.29 is 41.1 Å².